The topological polar surface area (TPSA) is 64.1 Å². The molecule has 3 aromatic rings. The third-order valence-corrected chi connectivity index (χ3v) is 3.82. The molecule has 5 nitrogen and oxygen atoms in total. The third-order valence-electron chi connectivity index (χ3n) is 3.82. The Bertz CT molecular complexity index is 725. The molecule has 2 aromatic heterocycles. The zero-order valence-corrected chi connectivity index (χ0v) is 11.0. The second kappa shape index (κ2) is 4.76. The molecule has 102 valence electrons. The van der Waals surface area contributed by atoms with Crippen molar-refractivity contribution in [1.82, 2.24) is 15.5 Å². The van der Waals surface area contributed by atoms with Crippen LogP contribution in [-0.4, -0.2) is 23.2 Å². The molecule has 5 heteroatoms. The molecule has 1 atom stereocenters. The Hall–Kier alpha value is -2.14. The van der Waals surface area contributed by atoms with Crippen LogP contribution in [0.2, 0.25) is 0 Å². The maximum absolute atomic E-state index is 5.51. The molecule has 1 N–H and O–H groups in total. The molecule has 0 bridgehead atoms. The maximum Gasteiger partial charge on any atom is 0.227 e. The molecule has 1 aliphatic rings. The minimum Gasteiger partial charge on any atom is -0.464 e. The summed E-state index contributed by atoms with van der Waals surface area (Å²) in [5, 5.41) is 8.45. The lowest BCUT2D eigenvalue weighted by Gasteiger charge is -2.01. The van der Waals surface area contributed by atoms with Gasteiger partial charge in [-0.1, -0.05) is 23.4 Å². The summed E-state index contributed by atoms with van der Waals surface area (Å²) in [6, 6.07) is 7.87. The van der Waals surface area contributed by atoms with Gasteiger partial charge in [-0.15, -0.1) is 0 Å². The number of nitrogens with one attached hydrogen (secondary N) is 1. The van der Waals surface area contributed by atoms with Crippen molar-refractivity contribution >= 4 is 11.0 Å². The quantitative estimate of drug-likeness (QED) is 0.792. The number of nitrogens with zero attached hydrogens (tertiary/aromatic N) is 2. The molecule has 4 rings (SSSR count). The lowest BCUT2D eigenvalue weighted by atomic mass is 10.1. The predicted octanol–water partition coefficient (Wildman–Crippen LogP) is 2.63. The molecule has 20 heavy (non-hydrogen) atoms. The largest absolute Gasteiger partial charge is 0.464 e. The summed E-state index contributed by atoms with van der Waals surface area (Å²) >= 11 is 0. The van der Waals surface area contributed by atoms with Gasteiger partial charge >= 0.3 is 0 Å². The molecule has 1 aliphatic heterocycles. The van der Waals surface area contributed by atoms with Crippen molar-refractivity contribution < 1.29 is 8.94 Å². The molecule has 0 radical (unpaired) electrons. The van der Waals surface area contributed by atoms with Gasteiger partial charge in [-0.2, -0.15) is 4.98 Å². The van der Waals surface area contributed by atoms with Crippen molar-refractivity contribution in [1.29, 1.82) is 0 Å². The standard InChI is InChI=1S/C15H15N3O2/c1-2-4-13-11(3-1)12(9-19-13)15-17-14(20-18-15)7-10-5-6-16-8-10/h1-4,9-10,16H,5-8H2. The van der Waals surface area contributed by atoms with Gasteiger partial charge in [-0.05, 0) is 31.5 Å². The van der Waals surface area contributed by atoms with Gasteiger partial charge in [-0.3, -0.25) is 0 Å². The van der Waals surface area contributed by atoms with E-state index in [0.717, 1.165) is 36.0 Å². The number of furan rings is 1. The van der Waals surface area contributed by atoms with E-state index in [4.69, 9.17) is 8.94 Å². The van der Waals surface area contributed by atoms with Crippen molar-refractivity contribution in [3.63, 3.8) is 0 Å². The summed E-state index contributed by atoms with van der Waals surface area (Å²) < 4.78 is 10.9. The van der Waals surface area contributed by atoms with Crippen molar-refractivity contribution in [2.75, 3.05) is 13.1 Å². The van der Waals surface area contributed by atoms with E-state index in [1.807, 2.05) is 24.3 Å². The summed E-state index contributed by atoms with van der Waals surface area (Å²) in [5.74, 6) is 1.92. The van der Waals surface area contributed by atoms with E-state index in [0.29, 0.717) is 17.6 Å². The van der Waals surface area contributed by atoms with Crippen LogP contribution in [0.25, 0.3) is 22.4 Å². The van der Waals surface area contributed by atoms with Crippen LogP contribution in [-0.2, 0) is 6.42 Å². The van der Waals surface area contributed by atoms with E-state index in [-0.39, 0.29) is 0 Å². The predicted molar refractivity (Wildman–Crippen MR) is 74.2 cm³/mol. The summed E-state index contributed by atoms with van der Waals surface area (Å²) in [6.45, 7) is 2.12. The van der Waals surface area contributed by atoms with E-state index in [1.54, 1.807) is 6.26 Å². The zero-order valence-electron chi connectivity index (χ0n) is 11.0. The number of fused-ring (bicyclic) bond motifs is 1. The Balaban J connectivity index is 1.64. The monoisotopic (exact) mass is 269 g/mol. The molecule has 1 saturated heterocycles. The van der Waals surface area contributed by atoms with Gasteiger partial charge in [-0.25, -0.2) is 0 Å². The van der Waals surface area contributed by atoms with Crippen molar-refractivity contribution in [2.45, 2.75) is 12.8 Å². The summed E-state index contributed by atoms with van der Waals surface area (Å²) in [4.78, 5) is 4.50. The molecule has 1 aromatic carbocycles. The van der Waals surface area contributed by atoms with Gasteiger partial charge in [0.2, 0.25) is 11.7 Å². The Kier molecular flexibility index (Phi) is 2.77. The van der Waals surface area contributed by atoms with E-state index < -0.39 is 0 Å². The fourth-order valence-electron chi connectivity index (χ4n) is 2.73. The molecular weight excluding hydrogens is 254 g/mol. The second-order valence-corrected chi connectivity index (χ2v) is 5.22. The van der Waals surface area contributed by atoms with E-state index in [1.165, 1.54) is 6.42 Å². The molecule has 3 heterocycles. The van der Waals surface area contributed by atoms with Crippen LogP contribution in [0.5, 0.6) is 0 Å². The minimum absolute atomic E-state index is 0.601. The lowest BCUT2D eigenvalue weighted by molar-refractivity contribution is 0.358. The summed E-state index contributed by atoms with van der Waals surface area (Å²) in [6.07, 6.45) is 3.71. The number of benzene rings is 1. The van der Waals surface area contributed by atoms with Crippen LogP contribution < -0.4 is 5.32 Å². The highest BCUT2D eigenvalue weighted by atomic mass is 16.5. The van der Waals surface area contributed by atoms with E-state index >= 15 is 0 Å². The van der Waals surface area contributed by atoms with Gasteiger partial charge in [0.1, 0.15) is 11.8 Å². The zero-order chi connectivity index (χ0) is 13.4. The van der Waals surface area contributed by atoms with Crippen LogP contribution in [0, 0.1) is 5.92 Å². The van der Waals surface area contributed by atoms with Crippen molar-refractivity contribution in [3.8, 4) is 11.4 Å². The smallest absolute Gasteiger partial charge is 0.227 e. The maximum atomic E-state index is 5.51. The second-order valence-electron chi connectivity index (χ2n) is 5.22. The average Bonchev–Trinajstić information content (AvgIpc) is 3.18. The summed E-state index contributed by atoms with van der Waals surface area (Å²) in [5.41, 5.74) is 1.73. The molecule has 0 spiro atoms. The average molecular weight is 269 g/mol. The molecule has 0 saturated carbocycles. The molecule has 1 fully saturated rings. The first-order chi connectivity index (χ1) is 9.90. The van der Waals surface area contributed by atoms with Gasteiger partial charge in [0, 0.05) is 11.8 Å². The van der Waals surface area contributed by atoms with Crippen LogP contribution >= 0.6 is 0 Å². The number of aromatic nitrogens is 2. The lowest BCUT2D eigenvalue weighted by Crippen LogP contribution is -2.10. The van der Waals surface area contributed by atoms with Gasteiger partial charge in [0.25, 0.3) is 0 Å². The Morgan fingerprint density at radius 1 is 1.30 bits per heavy atom. The normalized spacial score (nSPS) is 18.9. The van der Waals surface area contributed by atoms with Crippen LogP contribution in [0.15, 0.2) is 39.5 Å². The first kappa shape index (κ1) is 11.7. The van der Waals surface area contributed by atoms with E-state index in [2.05, 4.69) is 15.5 Å². The summed E-state index contributed by atoms with van der Waals surface area (Å²) in [7, 11) is 0. The number of hydrogen-bond donors (Lipinski definition) is 1. The van der Waals surface area contributed by atoms with Crippen LogP contribution in [0.4, 0.5) is 0 Å². The molecular formula is C15H15N3O2. The highest BCUT2D eigenvalue weighted by Gasteiger charge is 2.20. The van der Waals surface area contributed by atoms with Gasteiger partial charge < -0.3 is 14.3 Å². The SMILES string of the molecule is c1ccc2c(-c3noc(CC4CCNC4)n3)coc2c1. The van der Waals surface area contributed by atoms with Crippen LogP contribution in [0.1, 0.15) is 12.3 Å². The molecule has 0 amide bonds. The van der Waals surface area contributed by atoms with Crippen molar-refractivity contribution in [2.24, 2.45) is 5.92 Å². The first-order valence-electron chi connectivity index (χ1n) is 6.90. The first-order valence-corrected chi connectivity index (χ1v) is 6.90. The van der Waals surface area contributed by atoms with Crippen molar-refractivity contribution in [3.05, 3.63) is 36.4 Å². The molecule has 0 aliphatic carbocycles. The highest BCUT2D eigenvalue weighted by molar-refractivity contribution is 5.91. The van der Waals surface area contributed by atoms with Gasteiger partial charge in [0.15, 0.2) is 0 Å². The Labute approximate surface area is 116 Å². The highest BCUT2D eigenvalue weighted by Crippen LogP contribution is 2.28. The number of para-hydroxylation sites is 1. The minimum atomic E-state index is 0.601. The van der Waals surface area contributed by atoms with Crippen LogP contribution in [0.3, 0.4) is 0 Å². The third kappa shape index (κ3) is 2.00. The van der Waals surface area contributed by atoms with Gasteiger partial charge in [0.05, 0.1) is 5.56 Å². The Morgan fingerprint density at radius 2 is 2.25 bits per heavy atom. The Morgan fingerprint density at radius 3 is 3.15 bits per heavy atom. The molecule has 1 unspecified atom stereocenters. The fourth-order valence-corrected chi connectivity index (χ4v) is 2.73. The number of rotatable bonds is 3. The fraction of sp³-hybridized carbons (Fsp3) is 0.333. The van der Waals surface area contributed by atoms with E-state index in [9.17, 15) is 0 Å². The number of hydrogen-bond acceptors (Lipinski definition) is 5.